The minimum absolute atomic E-state index is 0.283. The molecule has 0 spiro atoms. The molecular formula is C10H18N2O3S. The predicted octanol–water partition coefficient (Wildman–Crippen LogP) is 0.995. The second kappa shape index (κ2) is 5.43. The first-order chi connectivity index (χ1) is 7.40. The minimum atomic E-state index is -1.01. The van der Waals surface area contributed by atoms with E-state index in [-0.39, 0.29) is 6.03 Å². The smallest absolute Gasteiger partial charge is 0.325 e. The molecule has 1 heterocycles. The maximum Gasteiger partial charge on any atom is 0.325 e. The van der Waals surface area contributed by atoms with Gasteiger partial charge in [-0.2, -0.15) is 11.8 Å². The average Bonchev–Trinajstić information content (AvgIpc) is 2.15. The van der Waals surface area contributed by atoms with Crippen molar-refractivity contribution in [1.82, 2.24) is 10.2 Å². The summed E-state index contributed by atoms with van der Waals surface area (Å²) in [6.45, 7) is 6.95. The molecule has 2 N–H and O–H groups in total. The van der Waals surface area contributed by atoms with E-state index in [9.17, 15) is 9.59 Å². The van der Waals surface area contributed by atoms with Crippen molar-refractivity contribution >= 4 is 23.8 Å². The van der Waals surface area contributed by atoms with Gasteiger partial charge in [-0.3, -0.25) is 4.79 Å². The van der Waals surface area contributed by atoms with E-state index < -0.39 is 12.0 Å². The minimum Gasteiger partial charge on any atom is -0.480 e. The standard InChI is InChI=1S/C10H18N2O3S/c1-6-4-12(5-7(2)16-6)10(15)11-8(3)9(13)14/h6-8H,4-5H2,1-3H3,(H,11,15)(H,13,14)/t6?,7?,8-/m1/s1. The molecule has 6 heteroatoms. The van der Waals surface area contributed by atoms with E-state index >= 15 is 0 Å². The molecule has 92 valence electrons. The van der Waals surface area contributed by atoms with Crippen LogP contribution in [0.2, 0.25) is 0 Å². The third-order valence-corrected chi connectivity index (χ3v) is 3.64. The molecule has 1 saturated heterocycles. The molecule has 1 rings (SSSR count). The first-order valence-corrected chi connectivity index (χ1v) is 6.28. The Kier molecular flexibility index (Phi) is 4.46. The molecule has 0 aromatic rings. The van der Waals surface area contributed by atoms with Crippen LogP contribution in [0.15, 0.2) is 0 Å². The molecule has 1 fully saturated rings. The number of hydrogen-bond donors (Lipinski definition) is 2. The summed E-state index contributed by atoms with van der Waals surface area (Å²) >= 11 is 1.85. The van der Waals surface area contributed by atoms with Crippen LogP contribution in [0.3, 0.4) is 0 Å². The zero-order valence-electron chi connectivity index (χ0n) is 9.77. The molecule has 0 radical (unpaired) electrons. The maximum absolute atomic E-state index is 11.7. The van der Waals surface area contributed by atoms with Gasteiger partial charge in [0, 0.05) is 23.6 Å². The SMILES string of the molecule is CC1CN(C(=O)N[C@H](C)C(=O)O)CC(C)S1. The Hall–Kier alpha value is -0.910. The fourth-order valence-corrected chi connectivity index (χ4v) is 3.01. The zero-order chi connectivity index (χ0) is 12.3. The van der Waals surface area contributed by atoms with E-state index in [0.29, 0.717) is 23.6 Å². The Balaban J connectivity index is 2.50. The van der Waals surface area contributed by atoms with Gasteiger partial charge in [0.15, 0.2) is 0 Å². The van der Waals surface area contributed by atoms with Crippen LogP contribution in [0, 0.1) is 0 Å². The lowest BCUT2D eigenvalue weighted by molar-refractivity contribution is -0.138. The van der Waals surface area contributed by atoms with E-state index in [4.69, 9.17) is 5.11 Å². The quantitative estimate of drug-likeness (QED) is 0.762. The lowest BCUT2D eigenvalue weighted by Crippen LogP contribution is -2.51. The molecule has 2 unspecified atom stereocenters. The number of carbonyl (C=O) groups excluding carboxylic acids is 1. The molecule has 5 nitrogen and oxygen atoms in total. The summed E-state index contributed by atoms with van der Waals surface area (Å²) < 4.78 is 0. The van der Waals surface area contributed by atoms with Crippen molar-refractivity contribution in [2.45, 2.75) is 37.3 Å². The Labute approximate surface area is 99.6 Å². The first-order valence-electron chi connectivity index (χ1n) is 5.34. The van der Waals surface area contributed by atoms with Crippen LogP contribution in [-0.4, -0.2) is 51.6 Å². The summed E-state index contributed by atoms with van der Waals surface area (Å²) in [5.74, 6) is -1.01. The van der Waals surface area contributed by atoms with E-state index in [0.717, 1.165) is 0 Å². The van der Waals surface area contributed by atoms with Crippen LogP contribution in [0.5, 0.6) is 0 Å². The average molecular weight is 246 g/mol. The highest BCUT2D eigenvalue weighted by Gasteiger charge is 2.27. The topological polar surface area (TPSA) is 69.6 Å². The summed E-state index contributed by atoms with van der Waals surface area (Å²) in [5, 5.41) is 12.0. The van der Waals surface area contributed by atoms with Crippen LogP contribution in [0.4, 0.5) is 4.79 Å². The van der Waals surface area contributed by atoms with Crippen LogP contribution in [-0.2, 0) is 4.79 Å². The predicted molar refractivity (Wildman–Crippen MR) is 63.7 cm³/mol. The van der Waals surface area contributed by atoms with Crippen molar-refractivity contribution in [1.29, 1.82) is 0 Å². The van der Waals surface area contributed by atoms with Gasteiger partial charge in [0.1, 0.15) is 6.04 Å². The number of urea groups is 1. The second-order valence-electron chi connectivity index (χ2n) is 4.17. The molecular weight excluding hydrogens is 228 g/mol. The van der Waals surface area contributed by atoms with Gasteiger partial charge in [-0.15, -0.1) is 0 Å². The number of amides is 2. The zero-order valence-corrected chi connectivity index (χ0v) is 10.6. The van der Waals surface area contributed by atoms with E-state index in [1.54, 1.807) is 4.90 Å². The van der Waals surface area contributed by atoms with E-state index in [2.05, 4.69) is 19.2 Å². The maximum atomic E-state index is 11.7. The molecule has 0 aliphatic carbocycles. The summed E-state index contributed by atoms with van der Waals surface area (Å²) in [6, 6.07) is -1.12. The van der Waals surface area contributed by atoms with Gasteiger partial charge < -0.3 is 15.3 Å². The van der Waals surface area contributed by atoms with E-state index in [1.807, 2.05) is 11.8 Å². The van der Waals surface area contributed by atoms with Crippen molar-refractivity contribution < 1.29 is 14.7 Å². The Morgan fingerprint density at radius 2 is 1.88 bits per heavy atom. The van der Waals surface area contributed by atoms with Crippen LogP contribution in [0.25, 0.3) is 0 Å². The van der Waals surface area contributed by atoms with Gasteiger partial charge in [0.25, 0.3) is 0 Å². The number of nitrogens with one attached hydrogen (secondary N) is 1. The van der Waals surface area contributed by atoms with Crippen LogP contribution >= 0.6 is 11.8 Å². The highest BCUT2D eigenvalue weighted by molar-refractivity contribution is 8.00. The summed E-state index contributed by atoms with van der Waals surface area (Å²) in [7, 11) is 0. The number of rotatable bonds is 2. The van der Waals surface area contributed by atoms with Crippen molar-refractivity contribution in [3.05, 3.63) is 0 Å². The molecule has 0 saturated carbocycles. The molecule has 1 aliphatic heterocycles. The number of nitrogens with zero attached hydrogens (tertiary/aromatic N) is 1. The second-order valence-corrected chi connectivity index (χ2v) is 6.05. The molecule has 2 amide bonds. The number of carboxylic acid groups (broad SMARTS) is 1. The number of carbonyl (C=O) groups is 2. The third kappa shape index (κ3) is 3.59. The van der Waals surface area contributed by atoms with E-state index in [1.165, 1.54) is 6.92 Å². The Morgan fingerprint density at radius 1 is 1.38 bits per heavy atom. The van der Waals surface area contributed by atoms with Crippen LogP contribution in [0.1, 0.15) is 20.8 Å². The first kappa shape index (κ1) is 13.2. The molecule has 0 bridgehead atoms. The van der Waals surface area contributed by atoms with Gasteiger partial charge in [0.05, 0.1) is 0 Å². The summed E-state index contributed by atoms with van der Waals surface area (Å²) in [5.41, 5.74) is 0. The fourth-order valence-electron chi connectivity index (χ4n) is 1.68. The van der Waals surface area contributed by atoms with Crippen molar-refractivity contribution in [3.8, 4) is 0 Å². The van der Waals surface area contributed by atoms with Gasteiger partial charge in [-0.1, -0.05) is 13.8 Å². The highest BCUT2D eigenvalue weighted by Crippen LogP contribution is 2.24. The Morgan fingerprint density at radius 3 is 2.31 bits per heavy atom. The fraction of sp³-hybridized carbons (Fsp3) is 0.800. The van der Waals surface area contributed by atoms with Gasteiger partial charge in [0.2, 0.25) is 0 Å². The number of thioether (sulfide) groups is 1. The molecule has 16 heavy (non-hydrogen) atoms. The largest absolute Gasteiger partial charge is 0.480 e. The lowest BCUT2D eigenvalue weighted by Gasteiger charge is -2.34. The van der Waals surface area contributed by atoms with Crippen LogP contribution < -0.4 is 5.32 Å². The lowest BCUT2D eigenvalue weighted by atomic mass is 10.3. The van der Waals surface area contributed by atoms with Gasteiger partial charge in [-0.25, -0.2) is 4.79 Å². The molecule has 0 aromatic carbocycles. The van der Waals surface area contributed by atoms with Crippen molar-refractivity contribution in [2.24, 2.45) is 0 Å². The van der Waals surface area contributed by atoms with Crippen molar-refractivity contribution in [2.75, 3.05) is 13.1 Å². The third-order valence-electron chi connectivity index (χ3n) is 2.42. The number of hydrogen-bond acceptors (Lipinski definition) is 3. The molecule has 0 aromatic heterocycles. The summed E-state index contributed by atoms with van der Waals surface area (Å²) in [4.78, 5) is 24.0. The number of carboxylic acids is 1. The highest BCUT2D eigenvalue weighted by atomic mass is 32.2. The monoisotopic (exact) mass is 246 g/mol. The molecule has 1 aliphatic rings. The summed E-state index contributed by atoms with van der Waals surface area (Å²) in [6.07, 6.45) is 0. The van der Waals surface area contributed by atoms with Gasteiger partial charge >= 0.3 is 12.0 Å². The molecule has 3 atom stereocenters. The normalized spacial score (nSPS) is 27.3. The Bertz CT molecular complexity index is 275. The number of aliphatic carboxylic acids is 1. The van der Waals surface area contributed by atoms with Gasteiger partial charge in [-0.05, 0) is 6.92 Å². The van der Waals surface area contributed by atoms with Crippen molar-refractivity contribution in [3.63, 3.8) is 0 Å².